The molecule has 0 atom stereocenters. The highest BCUT2D eigenvalue weighted by molar-refractivity contribution is 5.48. The fourth-order valence-electron chi connectivity index (χ4n) is 0.324. The van der Waals surface area contributed by atoms with Gasteiger partial charge >= 0.3 is 12.7 Å². The van der Waals surface area contributed by atoms with E-state index in [2.05, 4.69) is 0 Å². The SMILES string of the molecule is O=[C]N(CCO)C(F)(F)F. The standard InChI is InChI=1S/C4H5F3NO2/c5-4(6,7)8(3-10)1-2-9/h9H,1-2H2. The van der Waals surface area contributed by atoms with Crippen LogP contribution in [0.25, 0.3) is 0 Å². The van der Waals surface area contributed by atoms with Crippen molar-refractivity contribution in [1.82, 2.24) is 4.90 Å². The third kappa shape index (κ3) is 2.67. The highest BCUT2D eigenvalue weighted by atomic mass is 19.4. The molecule has 1 N–H and O–H groups in total. The van der Waals surface area contributed by atoms with Crippen molar-refractivity contribution >= 4 is 6.41 Å². The Kier molecular flexibility index (Phi) is 3.14. The molecule has 3 nitrogen and oxygen atoms in total. The Bertz CT molecular complexity index is 114. The lowest BCUT2D eigenvalue weighted by Gasteiger charge is -2.17. The number of alkyl halides is 3. The summed E-state index contributed by atoms with van der Waals surface area (Å²) in [7, 11) is 0. The quantitative estimate of drug-likeness (QED) is 0.456. The van der Waals surface area contributed by atoms with E-state index < -0.39 is 24.4 Å². The zero-order valence-electron chi connectivity index (χ0n) is 4.85. The van der Waals surface area contributed by atoms with Gasteiger partial charge in [0.15, 0.2) is 0 Å². The van der Waals surface area contributed by atoms with Gasteiger partial charge in [-0.1, -0.05) is 0 Å². The molecule has 0 saturated heterocycles. The number of halogens is 3. The van der Waals surface area contributed by atoms with E-state index in [0.717, 1.165) is 0 Å². The maximum absolute atomic E-state index is 11.5. The molecule has 6 heteroatoms. The summed E-state index contributed by atoms with van der Waals surface area (Å²) in [6, 6.07) is 0. The molecule has 0 saturated carbocycles. The summed E-state index contributed by atoms with van der Waals surface area (Å²) in [5.41, 5.74) is 0. The first-order valence-electron chi connectivity index (χ1n) is 2.35. The lowest BCUT2D eigenvalue weighted by molar-refractivity contribution is -0.219. The summed E-state index contributed by atoms with van der Waals surface area (Å²) in [4.78, 5) is 8.95. The maximum Gasteiger partial charge on any atom is 0.487 e. The topological polar surface area (TPSA) is 40.5 Å². The molecule has 0 aliphatic carbocycles. The predicted molar refractivity (Wildman–Crippen MR) is 25.5 cm³/mol. The molecular weight excluding hydrogens is 151 g/mol. The second-order valence-corrected chi connectivity index (χ2v) is 1.43. The Morgan fingerprint density at radius 2 is 2.00 bits per heavy atom. The first-order chi connectivity index (χ1) is 4.52. The fraction of sp³-hybridized carbons (Fsp3) is 0.750. The van der Waals surface area contributed by atoms with Gasteiger partial charge in [0.05, 0.1) is 13.2 Å². The molecule has 0 aliphatic heterocycles. The summed E-state index contributed by atoms with van der Waals surface area (Å²) >= 11 is 0. The van der Waals surface area contributed by atoms with Gasteiger partial charge in [0, 0.05) is 0 Å². The summed E-state index contributed by atoms with van der Waals surface area (Å²) in [5, 5.41) is 8.01. The zero-order valence-corrected chi connectivity index (χ0v) is 4.85. The second kappa shape index (κ2) is 3.40. The van der Waals surface area contributed by atoms with Crippen LogP contribution in [0.5, 0.6) is 0 Å². The van der Waals surface area contributed by atoms with Crippen molar-refractivity contribution in [1.29, 1.82) is 0 Å². The molecule has 1 radical (unpaired) electrons. The number of hydrogen-bond donors (Lipinski definition) is 1. The lowest BCUT2D eigenvalue weighted by atomic mass is 10.6. The van der Waals surface area contributed by atoms with Crippen LogP contribution in [0.15, 0.2) is 0 Å². The normalized spacial score (nSPS) is 11.2. The van der Waals surface area contributed by atoms with Crippen LogP contribution in [0.2, 0.25) is 0 Å². The van der Waals surface area contributed by atoms with E-state index >= 15 is 0 Å². The van der Waals surface area contributed by atoms with Crippen molar-refractivity contribution in [3.8, 4) is 0 Å². The van der Waals surface area contributed by atoms with Crippen molar-refractivity contribution in [2.75, 3.05) is 13.2 Å². The van der Waals surface area contributed by atoms with E-state index in [1.165, 1.54) is 0 Å². The van der Waals surface area contributed by atoms with Gasteiger partial charge in [-0.25, -0.2) is 4.90 Å². The molecule has 0 unspecified atom stereocenters. The van der Waals surface area contributed by atoms with Crippen LogP contribution in [0.1, 0.15) is 0 Å². The van der Waals surface area contributed by atoms with Gasteiger partial charge in [0.1, 0.15) is 0 Å². The molecule has 0 aliphatic rings. The first kappa shape index (κ1) is 9.22. The Hall–Kier alpha value is -0.780. The van der Waals surface area contributed by atoms with Crippen LogP contribution >= 0.6 is 0 Å². The van der Waals surface area contributed by atoms with E-state index in [4.69, 9.17) is 5.11 Å². The van der Waals surface area contributed by atoms with Crippen molar-refractivity contribution in [2.45, 2.75) is 6.30 Å². The molecule has 0 aromatic heterocycles. The third-order valence-electron chi connectivity index (χ3n) is 0.740. The minimum Gasteiger partial charge on any atom is -0.395 e. The Morgan fingerprint density at radius 1 is 1.50 bits per heavy atom. The molecule has 10 heavy (non-hydrogen) atoms. The first-order valence-corrected chi connectivity index (χ1v) is 2.35. The Morgan fingerprint density at radius 3 is 2.10 bits per heavy atom. The Labute approximate surface area is 55.0 Å². The van der Waals surface area contributed by atoms with Crippen LogP contribution in [0.4, 0.5) is 13.2 Å². The number of rotatable bonds is 3. The summed E-state index contributed by atoms with van der Waals surface area (Å²) in [6.07, 6.45) is -4.09. The maximum atomic E-state index is 11.5. The highest BCUT2D eigenvalue weighted by Crippen LogP contribution is 2.18. The van der Waals surface area contributed by atoms with Gasteiger partial charge in [-0.3, -0.25) is 4.79 Å². The van der Waals surface area contributed by atoms with Gasteiger partial charge in [-0.05, 0) is 0 Å². The van der Waals surface area contributed by atoms with Gasteiger partial charge < -0.3 is 5.11 Å². The predicted octanol–water partition coefficient (Wildman–Crippen LogP) is -0.132. The zero-order chi connectivity index (χ0) is 8.20. The van der Waals surface area contributed by atoms with Crippen molar-refractivity contribution in [2.24, 2.45) is 0 Å². The molecule has 0 aromatic carbocycles. The van der Waals surface area contributed by atoms with Crippen molar-refractivity contribution in [3.05, 3.63) is 0 Å². The molecule has 0 fully saturated rings. The van der Waals surface area contributed by atoms with E-state index in [1.54, 1.807) is 0 Å². The van der Waals surface area contributed by atoms with E-state index in [9.17, 15) is 18.0 Å². The van der Waals surface area contributed by atoms with Gasteiger partial charge in [0.25, 0.3) is 0 Å². The molecule has 0 bridgehead atoms. The van der Waals surface area contributed by atoms with Crippen molar-refractivity contribution < 1.29 is 23.1 Å². The molecule has 59 valence electrons. The van der Waals surface area contributed by atoms with Crippen LogP contribution in [-0.2, 0) is 4.79 Å². The van der Waals surface area contributed by atoms with E-state index in [-0.39, 0.29) is 0 Å². The van der Waals surface area contributed by atoms with Crippen molar-refractivity contribution in [3.63, 3.8) is 0 Å². The minimum absolute atomic E-state index is 0.562. The largest absolute Gasteiger partial charge is 0.487 e. The van der Waals surface area contributed by atoms with Crippen LogP contribution < -0.4 is 0 Å². The summed E-state index contributed by atoms with van der Waals surface area (Å²) < 4.78 is 34.4. The molecule has 0 spiro atoms. The molecule has 1 amide bonds. The average Bonchev–Trinajstić information content (AvgIpc) is 1.80. The van der Waals surface area contributed by atoms with Crippen LogP contribution in [0, 0.1) is 0 Å². The second-order valence-electron chi connectivity index (χ2n) is 1.43. The van der Waals surface area contributed by atoms with Gasteiger partial charge in [0.2, 0.25) is 0 Å². The van der Waals surface area contributed by atoms with Crippen LogP contribution in [-0.4, -0.2) is 35.9 Å². The molecule has 0 heterocycles. The number of amides is 1. The molecule has 0 aromatic rings. The average molecular weight is 156 g/mol. The smallest absolute Gasteiger partial charge is 0.395 e. The Balaban J connectivity index is 3.93. The van der Waals surface area contributed by atoms with E-state index in [0.29, 0.717) is 6.41 Å². The number of aliphatic hydroxyl groups is 1. The number of nitrogens with zero attached hydrogens (tertiary/aromatic N) is 1. The van der Waals surface area contributed by atoms with Gasteiger partial charge in [-0.2, -0.15) is 0 Å². The summed E-state index contributed by atoms with van der Waals surface area (Å²) in [5.74, 6) is 0. The van der Waals surface area contributed by atoms with Crippen LogP contribution in [0.3, 0.4) is 0 Å². The molecular formula is C4H5F3NO2. The highest BCUT2D eigenvalue weighted by Gasteiger charge is 2.36. The van der Waals surface area contributed by atoms with E-state index in [1.807, 2.05) is 0 Å². The third-order valence-corrected chi connectivity index (χ3v) is 0.740. The lowest BCUT2D eigenvalue weighted by Crippen LogP contribution is -2.38. The number of carbonyl (C=O) groups excluding carboxylic acids is 1. The number of hydrogen-bond acceptors (Lipinski definition) is 2. The summed E-state index contributed by atoms with van der Waals surface area (Å²) in [6.45, 7) is -1.50. The molecule has 0 rings (SSSR count). The monoisotopic (exact) mass is 156 g/mol. The number of aliphatic hydroxyl groups excluding tert-OH is 1. The van der Waals surface area contributed by atoms with Gasteiger partial charge in [-0.15, -0.1) is 13.2 Å². The minimum atomic E-state index is -4.73. The fourth-order valence-corrected chi connectivity index (χ4v) is 0.324.